The Morgan fingerprint density at radius 3 is 1.18 bits per heavy atom. The molecule has 0 aromatic rings. The second-order valence-electron chi connectivity index (χ2n) is 13.3. The summed E-state index contributed by atoms with van der Waals surface area (Å²) in [5.74, 6) is 0. The number of hydrogen-bond acceptors (Lipinski definition) is 5. The lowest BCUT2D eigenvalue weighted by Gasteiger charge is -2.21. The van der Waals surface area contributed by atoms with Crippen molar-refractivity contribution in [3.63, 3.8) is 0 Å². The van der Waals surface area contributed by atoms with Crippen LogP contribution in [-0.4, -0.2) is 47.2 Å². The molecule has 5 nitrogen and oxygen atoms in total. The van der Waals surface area contributed by atoms with Crippen LogP contribution < -0.4 is 0 Å². The Labute approximate surface area is 275 Å². The zero-order chi connectivity index (χ0) is 32.2. The van der Waals surface area contributed by atoms with E-state index in [-0.39, 0.29) is 13.2 Å². The maximum absolute atomic E-state index is 10.2. The minimum atomic E-state index is -0.889. The lowest BCUT2D eigenvalue weighted by molar-refractivity contribution is -0.191. The summed E-state index contributed by atoms with van der Waals surface area (Å²) >= 11 is 0. The van der Waals surface area contributed by atoms with Gasteiger partial charge in [-0.1, -0.05) is 167 Å². The molecule has 0 aromatic heterocycles. The molecule has 0 heterocycles. The molecule has 0 aliphatic heterocycles. The fourth-order valence-corrected chi connectivity index (χ4v) is 5.81. The first-order valence-electron chi connectivity index (χ1n) is 19.5. The SMILES string of the molecule is CCCCCCCCC/C=C/CCCCCCC(O)OCC(CO)OC(O)CCCCCCCCCCCCCCCCC. The van der Waals surface area contributed by atoms with Crippen LogP contribution in [-0.2, 0) is 9.47 Å². The number of aliphatic hydroxyl groups excluding tert-OH is 3. The first kappa shape index (κ1) is 43.5. The second-order valence-corrected chi connectivity index (χ2v) is 13.3. The van der Waals surface area contributed by atoms with E-state index in [1.807, 2.05) is 0 Å². The summed E-state index contributed by atoms with van der Waals surface area (Å²) in [6, 6.07) is 0. The molecular weight excluding hydrogens is 548 g/mol. The quantitative estimate of drug-likeness (QED) is 0.0363. The van der Waals surface area contributed by atoms with E-state index < -0.39 is 18.7 Å². The summed E-state index contributed by atoms with van der Waals surface area (Å²) in [4.78, 5) is 0. The Kier molecular flexibility index (Phi) is 36.6. The van der Waals surface area contributed by atoms with Gasteiger partial charge in [0.25, 0.3) is 0 Å². The van der Waals surface area contributed by atoms with Crippen molar-refractivity contribution in [2.45, 2.75) is 225 Å². The molecule has 0 spiro atoms. The topological polar surface area (TPSA) is 79.2 Å². The van der Waals surface area contributed by atoms with Gasteiger partial charge in [-0.3, -0.25) is 0 Å². The average molecular weight is 627 g/mol. The van der Waals surface area contributed by atoms with E-state index in [0.717, 1.165) is 32.1 Å². The highest BCUT2D eigenvalue weighted by Crippen LogP contribution is 2.15. The van der Waals surface area contributed by atoms with Gasteiger partial charge in [0.05, 0.1) is 13.2 Å². The standard InChI is InChI=1S/C39H78O5/c1-3-5-7-9-11-13-15-17-19-21-23-25-27-29-31-33-38(41)43-36-37(35-40)44-39(42)34-32-30-28-26-24-22-20-18-16-14-12-10-8-6-4-2/h19,21,37-42H,3-18,20,22-36H2,1-2H3/b21-19+. The van der Waals surface area contributed by atoms with Crippen LogP contribution in [0.15, 0.2) is 12.2 Å². The normalized spacial score (nSPS) is 14.0. The van der Waals surface area contributed by atoms with Crippen molar-refractivity contribution < 1.29 is 24.8 Å². The lowest BCUT2D eigenvalue weighted by Crippen LogP contribution is -2.31. The fourth-order valence-electron chi connectivity index (χ4n) is 5.81. The van der Waals surface area contributed by atoms with E-state index in [0.29, 0.717) is 12.8 Å². The molecule has 0 saturated heterocycles. The Hall–Kier alpha value is -0.460. The molecular formula is C39H78O5. The maximum Gasteiger partial charge on any atom is 0.155 e. The van der Waals surface area contributed by atoms with Crippen LogP contribution in [0.5, 0.6) is 0 Å². The molecule has 0 radical (unpaired) electrons. The van der Waals surface area contributed by atoms with Gasteiger partial charge in [0.2, 0.25) is 0 Å². The Bertz CT molecular complexity index is 555. The van der Waals surface area contributed by atoms with Gasteiger partial charge in [0, 0.05) is 0 Å². The molecule has 5 heteroatoms. The van der Waals surface area contributed by atoms with Gasteiger partial charge in [-0.2, -0.15) is 0 Å². The first-order chi connectivity index (χ1) is 21.6. The molecule has 44 heavy (non-hydrogen) atoms. The summed E-state index contributed by atoms with van der Waals surface area (Å²) in [5.41, 5.74) is 0. The maximum atomic E-state index is 10.2. The third-order valence-electron chi connectivity index (χ3n) is 8.80. The predicted octanol–water partition coefficient (Wildman–Crippen LogP) is 11.3. The van der Waals surface area contributed by atoms with Crippen LogP contribution in [0.3, 0.4) is 0 Å². The highest BCUT2D eigenvalue weighted by atomic mass is 16.6. The van der Waals surface area contributed by atoms with E-state index >= 15 is 0 Å². The smallest absolute Gasteiger partial charge is 0.155 e. The van der Waals surface area contributed by atoms with Crippen LogP contribution in [0.25, 0.3) is 0 Å². The Morgan fingerprint density at radius 1 is 0.455 bits per heavy atom. The summed E-state index contributed by atoms with van der Waals surface area (Å²) in [6.45, 7) is 4.41. The summed E-state index contributed by atoms with van der Waals surface area (Å²) < 4.78 is 11.1. The molecule has 0 bridgehead atoms. The van der Waals surface area contributed by atoms with Crippen molar-refractivity contribution in [2.75, 3.05) is 13.2 Å². The van der Waals surface area contributed by atoms with Crippen molar-refractivity contribution in [1.29, 1.82) is 0 Å². The third kappa shape index (κ3) is 34.4. The summed E-state index contributed by atoms with van der Waals surface area (Å²) in [5, 5.41) is 30.0. The van der Waals surface area contributed by atoms with Crippen LogP contribution in [0, 0.1) is 0 Å². The van der Waals surface area contributed by atoms with E-state index in [2.05, 4.69) is 26.0 Å². The zero-order valence-corrected chi connectivity index (χ0v) is 29.7. The third-order valence-corrected chi connectivity index (χ3v) is 8.80. The van der Waals surface area contributed by atoms with Gasteiger partial charge in [-0.15, -0.1) is 0 Å². The molecule has 0 amide bonds. The van der Waals surface area contributed by atoms with Crippen molar-refractivity contribution >= 4 is 0 Å². The molecule has 0 aromatic carbocycles. The van der Waals surface area contributed by atoms with Crippen LogP contribution in [0.4, 0.5) is 0 Å². The van der Waals surface area contributed by atoms with Crippen LogP contribution in [0.2, 0.25) is 0 Å². The van der Waals surface area contributed by atoms with Crippen molar-refractivity contribution in [1.82, 2.24) is 0 Å². The molecule has 264 valence electrons. The minimum absolute atomic E-state index is 0.0944. The van der Waals surface area contributed by atoms with Gasteiger partial charge < -0.3 is 24.8 Å². The van der Waals surface area contributed by atoms with Crippen LogP contribution in [0.1, 0.15) is 206 Å². The van der Waals surface area contributed by atoms with Gasteiger partial charge >= 0.3 is 0 Å². The monoisotopic (exact) mass is 627 g/mol. The Morgan fingerprint density at radius 2 is 0.795 bits per heavy atom. The van der Waals surface area contributed by atoms with Crippen molar-refractivity contribution in [2.24, 2.45) is 0 Å². The van der Waals surface area contributed by atoms with Crippen molar-refractivity contribution in [3.8, 4) is 0 Å². The molecule has 0 aliphatic rings. The number of allylic oxidation sites excluding steroid dienone is 2. The van der Waals surface area contributed by atoms with E-state index in [1.165, 1.54) is 148 Å². The number of hydrogen-bond donors (Lipinski definition) is 3. The van der Waals surface area contributed by atoms with Gasteiger partial charge in [-0.25, -0.2) is 0 Å². The first-order valence-corrected chi connectivity index (χ1v) is 19.5. The number of aliphatic hydroxyl groups is 3. The number of ether oxygens (including phenoxy) is 2. The largest absolute Gasteiger partial charge is 0.394 e. The molecule has 0 aliphatic carbocycles. The molecule has 0 rings (SSSR count). The van der Waals surface area contributed by atoms with Gasteiger partial charge in [-0.05, 0) is 51.4 Å². The van der Waals surface area contributed by atoms with Crippen LogP contribution >= 0.6 is 0 Å². The molecule has 3 atom stereocenters. The van der Waals surface area contributed by atoms with Crippen molar-refractivity contribution in [3.05, 3.63) is 12.2 Å². The lowest BCUT2D eigenvalue weighted by atomic mass is 10.0. The highest BCUT2D eigenvalue weighted by Gasteiger charge is 2.16. The average Bonchev–Trinajstić information content (AvgIpc) is 3.02. The van der Waals surface area contributed by atoms with E-state index in [1.54, 1.807) is 0 Å². The summed E-state index contributed by atoms with van der Waals surface area (Å²) in [7, 11) is 0. The summed E-state index contributed by atoms with van der Waals surface area (Å²) in [6.07, 6.45) is 39.6. The molecule has 3 N–H and O–H groups in total. The molecule has 3 unspecified atom stereocenters. The minimum Gasteiger partial charge on any atom is -0.394 e. The number of unbranched alkanes of at least 4 members (excludes halogenated alkanes) is 25. The van der Waals surface area contributed by atoms with E-state index in [4.69, 9.17) is 9.47 Å². The molecule has 0 saturated carbocycles. The van der Waals surface area contributed by atoms with E-state index in [9.17, 15) is 15.3 Å². The molecule has 0 fully saturated rings. The van der Waals surface area contributed by atoms with Gasteiger partial charge in [0.15, 0.2) is 12.6 Å². The fraction of sp³-hybridized carbons (Fsp3) is 0.949. The number of rotatable bonds is 37. The predicted molar refractivity (Wildman–Crippen MR) is 189 cm³/mol. The highest BCUT2D eigenvalue weighted by molar-refractivity contribution is 4.81. The zero-order valence-electron chi connectivity index (χ0n) is 29.7. The van der Waals surface area contributed by atoms with Gasteiger partial charge in [0.1, 0.15) is 6.10 Å². The second kappa shape index (κ2) is 37.0. The Balaban J connectivity index is 3.53.